The maximum atomic E-state index is 11.9. The molecule has 136 valence electrons. The summed E-state index contributed by atoms with van der Waals surface area (Å²) in [5, 5.41) is 4.96. The van der Waals surface area contributed by atoms with Crippen molar-refractivity contribution in [3.8, 4) is 5.75 Å². The van der Waals surface area contributed by atoms with E-state index >= 15 is 0 Å². The molecule has 0 atom stereocenters. The fourth-order valence-corrected chi connectivity index (χ4v) is 1.97. The maximum Gasteiger partial charge on any atom is 0.319 e. The third-order valence-corrected chi connectivity index (χ3v) is 3.18. The topological polar surface area (TPSA) is 109 Å². The summed E-state index contributed by atoms with van der Waals surface area (Å²) < 4.78 is 5.29. The lowest BCUT2D eigenvalue weighted by Gasteiger charge is -2.10. The molecular weight excluding hydrogens is 336 g/mol. The highest BCUT2D eigenvalue weighted by Gasteiger charge is 2.09. The number of rotatable bonds is 6. The van der Waals surface area contributed by atoms with Crippen LogP contribution in [0.5, 0.6) is 5.75 Å². The fraction of sp³-hybridized carbons (Fsp3) is 0.167. The monoisotopic (exact) mass is 356 g/mol. The number of amides is 4. The highest BCUT2D eigenvalue weighted by Crippen LogP contribution is 2.11. The molecule has 0 fully saturated rings. The van der Waals surface area contributed by atoms with Gasteiger partial charge in [0.2, 0.25) is 0 Å². The van der Waals surface area contributed by atoms with E-state index in [1.54, 1.807) is 48.5 Å². The summed E-state index contributed by atoms with van der Waals surface area (Å²) >= 11 is 0. The number of nitrogens with one attached hydrogen (secondary N) is 4. The van der Waals surface area contributed by atoms with Crippen LogP contribution < -0.4 is 26.2 Å². The van der Waals surface area contributed by atoms with Gasteiger partial charge in [-0.2, -0.15) is 0 Å². The number of carbonyl (C=O) groups excluding carboxylic acids is 3. The van der Waals surface area contributed by atoms with Crippen LogP contribution in [0.1, 0.15) is 17.3 Å². The molecular formula is C18H20N4O4. The van der Waals surface area contributed by atoms with Gasteiger partial charge in [-0.25, -0.2) is 4.79 Å². The highest BCUT2D eigenvalue weighted by atomic mass is 16.5. The summed E-state index contributed by atoms with van der Waals surface area (Å²) in [6.07, 6.45) is 0. The van der Waals surface area contributed by atoms with E-state index in [2.05, 4.69) is 21.5 Å². The summed E-state index contributed by atoms with van der Waals surface area (Å²) in [4.78, 5) is 35.3. The van der Waals surface area contributed by atoms with E-state index in [9.17, 15) is 14.4 Å². The number of hydrogen-bond acceptors (Lipinski definition) is 4. The first-order chi connectivity index (χ1) is 12.6. The quantitative estimate of drug-likeness (QED) is 0.590. The Hall–Kier alpha value is -3.55. The molecule has 0 bridgehead atoms. The minimum Gasteiger partial charge on any atom is -0.494 e. The minimum absolute atomic E-state index is 0.289. The van der Waals surface area contributed by atoms with Crippen molar-refractivity contribution in [1.82, 2.24) is 16.2 Å². The smallest absolute Gasteiger partial charge is 0.319 e. The minimum atomic E-state index is -0.563. The molecule has 2 aromatic rings. The summed E-state index contributed by atoms with van der Waals surface area (Å²) in [5.74, 6) is -0.385. The molecule has 0 aliphatic rings. The molecule has 2 aromatic carbocycles. The molecule has 0 aromatic heterocycles. The van der Waals surface area contributed by atoms with Crippen LogP contribution in [-0.4, -0.2) is 31.0 Å². The van der Waals surface area contributed by atoms with E-state index < -0.39 is 17.8 Å². The van der Waals surface area contributed by atoms with Crippen LogP contribution in [0, 0.1) is 0 Å². The Bertz CT molecular complexity index is 748. The lowest BCUT2D eigenvalue weighted by atomic mass is 10.2. The Morgan fingerprint density at radius 3 is 2.27 bits per heavy atom. The van der Waals surface area contributed by atoms with Crippen LogP contribution in [-0.2, 0) is 4.79 Å². The second-order valence-electron chi connectivity index (χ2n) is 5.13. The number of hydrogen-bond donors (Lipinski definition) is 4. The predicted octanol–water partition coefficient (Wildman–Crippen LogP) is 1.67. The summed E-state index contributed by atoms with van der Waals surface area (Å²) in [6, 6.07) is 14.8. The lowest BCUT2D eigenvalue weighted by Crippen LogP contribution is -2.46. The zero-order chi connectivity index (χ0) is 18.8. The zero-order valence-electron chi connectivity index (χ0n) is 14.2. The number of carbonyl (C=O) groups is 3. The van der Waals surface area contributed by atoms with Crippen molar-refractivity contribution in [2.75, 3.05) is 18.5 Å². The van der Waals surface area contributed by atoms with Crippen molar-refractivity contribution in [1.29, 1.82) is 0 Å². The number of benzene rings is 2. The number of para-hydroxylation sites is 1. The molecule has 0 heterocycles. The van der Waals surface area contributed by atoms with Crippen LogP contribution in [0.4, 0.5) is 10.5 Å². The van der Waals surface area contributed by atoms with Crippen LogP contribution in [0.25, 0.3) is 0 Å². The Labute approximate surface area is 150 Å². The molecule has 0 saturated carbocycles. The van der Waals surface area contributed by atoms with Crippen molar-refractivity contribution >= 4 is 23.5 Å². The normalized spacial score (nSPS) is 9.73. The molecule has 0 aliphatic carbocycles. The molecule has 0 radical (unpaired) electrons. The van der Waals surface area contributed by atoms with Crippen LogP contribution >= 0.6 is 0 Å². The van der Waals surface area contributed by atoms with Gasteiger partial charge in [-0.3, -0.25) is 20.4 Å². The van der Waals surface area contributed by atoms with E-state index in [0.717, 1.165) is 0 Å². The first kappa shape index (κ1) is 18.8. The number of ether oxygens (including phenoxy) is 1. The van der Waals surface area contributed by atoms with Crippen molar-refractivity contribution in [3.05, 3.63) is 60.2 Å². The van der Waals surface area contributed by atoms with E-state index in [0.29, 0.717) is 23.6 Å². The second kappa shape index (κ2) is 9.67. The van der Waals surface area contributed by atoms with Gasteiger partial charge in [0.25, 0.3) is 11.8 Å². The van der Waals surface area contributed by atoms with Gasteiger partial charge in [-0.1, -0.05) is 18.2 Å². The van der Waals surface area contributed by atoms with Crippen molar-refractivity contribution in [3.63, 3.8) is 0 Å². The maximum absolute atomic E-state index is 11.9. The predicted molar refractivity (Wildman–Crippen MR) is 96.7 cm³/mol. The number of urea groups is 1. The Morgan fingerprint density at radius 2 is 1.62 bits per heavy atom. The zero-order valence-corrected chi connectivity index (χ0v) is 14.2. The third kappa shape index (κ3) is 6.16. The van der Waals surface area contributed by atoms with Gasteiger partial charge in [0.05, 0.1) is 6.61 Å². The first-order valence-corrected chi connectivity index (χ1v) is 8.00. The van der Waals surface area contributed by atoms with Gasteiger partial charge >= 0.3 is 6.03 Å². The van der Waals surface area contributed by atoms with Gasteiger partial charge < -0.3 is 15.4 Å². The SMILES string of the molecule is CCOc1ccc(C(=O)NNC(=O)CNC(=O)Nc2ccccc2)cc1. The molecule has 0 spiro atoms. The van der Waals surface area contributed by atoms with Crippen molar-refractivity contribution in [2.45, 2.75) is 6.92 Å². The van der Waals surface area contributed by atoms with Crippen LogP contribution in [0.2, 0.25) is 0 Å². The molecule has 4 amide bonds. The average Bonchev–Trinajstić information content (AvgIpc) is 2.66. The van der Waals surface area contributed by atoms with Crippen molar-refractivity contribution < 1.29 is 19.1 Å². The van der Waals surface area contributed by atoms with Gasteiger partial charge in [0, 0.05) is 11.3 Å². The molecule has 4 N–H and O–H groups in total. The first-order valence-electron chi connectivity index (χ1n) is 8.00. The Morgan fingerprint density at radius 1 is 0.923 bits per heavy atom. The largest absolute Gasteiger partial charge is 0.494 e. The van der Waals surface area contributed by atoms with E-state index in [1.165, 1.54) is 0 Å². The highest BCUT2D eigenvalue weighted by molar-refractivity contribution is 5.96. The Balaban J connectivity index is 1.70. The van der Waals surface area contributed by atoms with Gasteiger partial charge in [0.15, 0.2) is 0 Å². The molecule has 8 nitrogen and oxygen atoms in total. The molecule has 0 unspecified atom stereocenters. The molecule has 8 heteroatoms. The lowest BCUT2D eigenvalue weighted by molar-refractivity contribution is -0.120. The summed E-state index contributed by atoms with van der Waals surface area (Å²) in [6.45, 7) is 2.11. The van der Waals surface area contributed by atoms with Crippen molar-refractivity contribution in [2.24, 2.45) is 0 Å². The molecule has 2 rings (SSSR count). The number of hydrazine groups is 1. The van der Waals surface area contributed by atoms with Crippen LogP contribution in [0.3, 0.4) is 0 Å². The average molecular weight is 356 g/mol. The van der Waals surface area contributed by atoms with Gasteiger partial charge in [-0.15, -0.1) is 0 Å². The van der Waals surface area contributed by atoms with E-state index in [1.807, 2.05) is 13.0 Å². The van der Waals surface area contributed by atoms with Crippen LogP contribution in [0.15, 0.2) is 54.6 Å². The van der Waals surface area contributed by atoms with E-state index in [-0.39, 0.29) is 6.54 Å². The van der Waals surface area contributed by atoms with Gasteiger partial charge in [-0.05, 0) is 43.3 Å². The van der Waals surface area contributed by atoms with E-state index in [4.69, 9.17) is 4.74 Å². The Kier molecular flexibility index (Phi) is 6.99. The molecule has 0 aliphatic heterocycles. The summed E-state index contributed by atoms with van der Waals surface area (Å²) in [5.41, 5.74) is 5.47. The molecule has 26 heavy (non-hydrogen) atoms. The second-order valence-corrected chi connectivity index (χ2v) is 5.13. The van der Waals surface area contributed by atoms with Gasteiger partial charge in [0.1, 0.15) is 12.3 Å². The standard InChI is InChI=1S/C18H20N4O4/c1-2-26-15-10-8-13(9-11-15)17(24)22-21-16(23)12-19-18(25)20-14-6-4-3-5-7-14/h3-11H,2,12H2,1H3,(H,21,23)(H,22,24)(H2,19,20,25). The molecule has 0 saturated heterocycles. The number of anilines is 1. The third-order valence-electron chi connectivity index (χ3n) is 3.18. The summed E-state index contributed by atoms with van der Waals surface area (Å²) in [7, 11) is 0. The fourth-order valence-electron chi connectivity index (χ4n) is 1.97.